The van der Waals surface area contributed by atoms with Gasteiger partial charge in [-0.1, -0.05) is 0 Å². The number of ether oxygens (including phenoxy) is 1. The number of nitrogens with zero attached hydrogens (tertiary/aromatic N) is 5. The average molecular weight is 315 g/mol. The lowest BCUT2D eigenvalue weighted by Crippen LogP contribution is -2.31. The molecule has 0 atom stereocenters. The molecule has 1 heterocycles. The summed E-state index contributed by atoms with van der Waals surface area (Å²) in [5.74, 6) is 0.991. The Hall–Kier alpha value is -3.23. The number of rotatable bonds is 5. The number of aliphatic imine (C=N–C) groups is 1. The van der Waals surface area contributed by atoms with Gasteiger partial charge in [0, 0.05) is 25.9 Å². The molecule has 9 nitrogen and oxygen atoms in total. The van der Waals surface area contributed by atoms with Gasteiger partial charge in [-0.25, -0.2) is 4.79 Å². The van der Waals surface area contributed by atoms with Gasteiger partial charge in [0.25, 0.3) is 0 Å². The summed E-state index contributed by atoms with van der Waals surface area (Å²) in [6.45, 7) is 3.55. The van der Waals surface area contributed by atoms with Gasteiger partial charge in [0.1, 0.15) is 5.75 Å². The molecule has 0 aliphatic heterocycles. The molecule has 2 rings (SSSR count). The van der Waals surface area contributed by atoms with E-state index in [4.69, 9.17) is 4.74 Å². The maximum atomic E-state index is 11.6. The summed E-state index contributed by atoms with van der Waals surface area (Å²) in [5.41, 5.74) is 1.90. The third kappa shape index (κ3) is 3.51. The van der Waals surface area contributed by atoms with Gasteiger partial charge in [0.15, 0.2) is 0 Å². The van der Waals surface area contributed by atoms with E-state index in [0.29, 0.717) is 22.8 Å². The van der Waals surface area contributed by atoms with Crippen molar-refractivity contribution < 1.29 is 9.53 Å². The van der Waals surface area contributed by atoms with Crippen molar-refractivity contribution in [2.75, 3.05) is 21.2 Å². The average Bonchev–Trinajstić information content (AvgIpc) is 3.12. The van der Waals surface area contributed by atoms with Gasteiger partial charge in [0.05, 0.1) is 18.4 Å². The quantitative estimate of drug-likeness (QED) is 0.804. The predicted octanol–water partition coefficient (Wildman–Crippen LogP) is 1.15. The van der Waals surface area contributed by atoms with Gasteiger partial charge in [-0.3, -0.25) is 4.99 Å². The molecule has 2 N–H and O–H groups in total. The first-order chi connectivity index (χ1) is 11.1. The van der Waals surface area contributed by atoms with Crippen LogP contribution in [-0.4, -0.2) is 59.5 Å². The summed E-state index contributed by atoms with van der Waals surface area (Å²) < 4.78 is 5.31. The van der Waals surface area contributed by atoms with Crippen molar-refractivity contribution >= 4 is 18.4 Å². The van der Waals surface area contributed by atoms with Gasteiger partial charge < -0.3 is 15.0 Å². The molecule has 0 bridgehead atoms. The maximum absolute atomic E-state index is 11.6. The Morgan fingerprint density at radius 1 is 1.52 bits per heavy atom. The van der Waals surface area contributed by atoms with Crippen molar-refractivity contribution in [2.45, 2.75) is 0 Å². The second-order valence-corrected chi connectivity index (χ2v) is 4.49. The molecule has 0 aliphatic carbocycles. The van der Waals surface area contributed by atoms with Crippen molar-refractivity contribution in [2.24, 2.45) is 4.99 Å². The lowest BCUT2D eigenvalue weighted by molar-refractivity contribution is 0.224. The first-order valence-electron chi connectivity index (χ1n) is 6.66. The zero-order chi connectivity index (χ0) is 16.8. The summed E-state index contributed by atoms with van der Waals surface area (Å²) >= 11 is 0. The van der Waals surface area contributed by atoms with Gasteiger partial charge in [-0.2, -0.15) is 5.21 Å². The van der Waals surface area contributed by atoms with E-state index in [9.17, 15) is 4.79 Å². The Morgan fingerprint density at radius 3 is 2.87 bits per heavy atom. The summed E-state index contributed by atoms with van der Waals surface area (Å²) in [7, 11) is 4.73. The summed E-state index contributed by atoms with van der Waals surface area (Å²) in [6.07, 6.45) is 1.58. The number of tetrazole rings is 1. The number of carbonyl (C=O) groups excluding carboxylic acids is 1. The fourth-order valence-corrected chi connectivity index (χ4v) is 1.94. The molecule has 2 amide bonds. The zero-order valence-corrected chi connectivity index (χ0v) is 13.1. The van der Waals surface area contributed by atoms with E-state index in [0.717, 1.165) is 5.56 Å². The normalized spacial score (nSPS) is 11.0. The van der Waals surface area contributed by atoms with Gasteiger partial charge in [-0.15, -0.1) is 10.2 Å². The van der Waals surface area contributed by atoms with Crippen LogP contribution in [0.5, 0.6) is 5.75 Å². The van der Waals surface area contributed by atoms with E-state index in [-0.39, 0.29) is 6.03 Å². The second kappa shape index (κ2) is 7.16. The molecule has 1 aromatic heterocycles. The largest absolute Gasteiger partial charge is 0.496 e. The molecule has 0 unspecified atom stereocenters. The Kier molecular flexibility index (Phi) is 5.03. The van der Waals surface area contributed by atoms with Crippen molar-refractivity contribution in [3.05, 3.63) is 30.0 Å². The zero-order valence-electron chi connectivity index (χ0n) is 13.1. The molecule has 0 fully saturated rings. The van der Waals surface area contributed by atoms with E-state index in [2.05, 4.69) is 37.7 Å². The molecule has 0 radical (unpaired) electrons. The molecule has 0 aliphatic rings. The minimum atomic E-state index is -0.266. The molecule has 0 saturated heterocycles. The number of nitrogens with one attached hydrogen (secondary N) is 2. The van der Waals surface area contributed by atoms with Gasteiger partial charge in [-0.05, 0) is 30.1 Å². The number of aromatic amines is 1. The van der Waals surface area contributed by atoms with Crippen LogP contribution in [0.3, 0.4) is 0 Å². The Bertz CT molecular complexity index is 725. The van der Waals surface area contributed by atoms with Crippen molar-refractivity contribution in [3.8, 4) is 17.1 Å². The molecule has 9 heteroatoms. The number of methoxy groups -OCH3 is 1. The Morgan fingerprint density at radius 2 is 2.30 bits per heavy atom. The summed E-state index contributed by atoms with van der Waals surface area (Å²) in [4.78, 5) is 17.0. The number of aromatic nitrogens is 4. The number of carbonyl (C=O) groups is 1. The minimum Gasteiger partial charge on any atom is -0.496 e. The fraction of sp³-hybridized carbons (Fsp3) is 0.214. The summed E-state index contributed by atoms with van der Waals surface area (Å²) in [5, 5.41) is 16.4. The van der Waals surface area contributed by atoms with Crippen LogP contribution >= 0.6 is 0 Å². The number of hydrogen-bond donors (Lipinski definition) is 2. The van der Waals surface area contributed by atoms with Crippen LogP contribution in [-0.2, 0) is 0 Å². The second-order valence-electron chi connectivity index (χ2n) is 4.49. The van der Waals surface area contributed by atoms with Gasteiger partial charge >= 0.3 is 6.03 Å². The minimum absolute atomic E-state index is 0.266. The highest BCUT2D eigenvalue weighted by atomic mass is 16.5. The third-order valence-corrected chi connectivity index (χ3v) is 3.10. The topological polar surface area (TPSA) is 108 Å². The van der Waals surface area contributed by atoms with E-state index < -0.39 is 0 Å². The van der Waals surface area contributed by atoms with Crippen molar-refractivity contribution in [1.82, 2.24) is 30.8 Å². The van der Waals surface area contributed by atoms with E-state index in [1.54, 1.807) is 45.6 Å². The Labute approximate surface area is 133 Å². The molecule has 120 valence electrons. The number of benzene rings is 1. The van der Waals surface area contributed by atoms with Crippen LogP contribution in [0.25, 0.3) is 17.1 Å². The molecular weight excluding hydrogens is 298 g/mol. The van der Waals surface area contributed by atoms with Crippen LogP contribution in [0.1, 0.15) is 5.56 Å². The lowest BCUT2D eigenvalue weighted by atomic mass is 10.1. The van der Waals surface area contributed by atoms with Crippen LogP contribution in [0, 0.1) is 0 Å². The van der Waals surface area contributed by atoms with Crippen molar-refractivity contribution in [1.29, 1.82) is 0 Å². The predicted molar refractivity (Wildman–Crippen MR) is 85.9 cm³/mol. The van der Waals surface area contributed by atoms with E-state index in [1.807, 2.05) is 0 Å². The highest BCUT2D eigenvalue weighted by Gasteiger charge is 2.13. The molecule has 2 aromatic rings. The van der Waals surface area contributed by atoms with E-state index in [1.165, 1.54) is 4.90 Å². The van der Waals surface area contributed by atoms with Crippen LogP contribution in [0.2, 0.25) is 0 Å². The smallest absolute Gasteiger partial charge is 0.320 e. The fourth-order valence-electron chi connectivity index (χ4n) is 1.94. The first-order valence-corrected chi connectivity index (χ1v) is 6.66. The maximum Gasteiger partial charge on any atom is 0.320 e. The van der Waals surface area contributed by atoms with E-state index >= 15 is 0 Å². The Balaban J connectivity index is 2.46. The monoisotopic (exact) mass is 315 g/mol. The standard InChI is InChI=1S/C14H17N7O2/c1-15-11(8-21(3)14(22)16-2)9-5-6-12(23-4)10(7-9)13-17-19-20-18-13/h5-8H,1H2,2-4H3,(H,16,22)(H,17,18,19,20). The number of amides is 2. The SMILES string of the molecule is C=NC(=CN(C)C(=O)NC)c1ccc(OC)c(-c2nn[nH]n2)c1. The molecule has 23 heavy (non-hydrogen) atoms. The first kappa shape index (κ1) is 16.1. The van der Waals surface area contributed by atoms with Crippen molar-refractivity contribution in [3.63, 3.8) is 0 Å². The van der Waals surface area contributed by atoms with Crippen LogP contribution in [0.4, 0.5) is 4.79 Å². The number of hydrogen-bond acceptors (Lipinski definition) is 6. The molecule has 0 saturated carbocycles. The number of urea groups is 1. The lowest BCUT2D eigenvalue weighted by Gasteiger charge is -2.13. The number of H-pyrrole nitrogens is 1. The summed E-state index contributed by atoms with van der Waals surface area (Å²) in [6, 6.07) is 5.10. The molecular formula is C14H17N7O2. The van der Waals surface area contributed by atoms with Gasteiger partial charge in [0.2, 0.25) is 5.82 Å². The molecule has 1 aromatic carbocycles. The van der Waals surface area contributed by atoms with Crippen LogP contribution in [0.15, 0.2) is 29.4 Å². The highest BCUT2D eigenvalue weighted by molar-refractivity contribution is 5.79. The van der Waals surface area contributed by atoms with Crippen LogP contribution < -0.4 is 10.1 Å². The molecule has 0 spiro atoms. The third-order valence-electron chi connectivity index (χ3n) is 3.10. The highest BCUT2D eigenvalue weighted by Crippen LogP contribution is 2.30.